The monoisotopic (exact) mass is 419 g/mol. The Morgan fingerprint density at radius 3 is 2.52 bits per heavy atom. The van der Waals surface area contributed by atoms with Gasteiger partial charge in [-0.1, -0.05) is 30.3 Å². The number of nitrogens with zero attached hydrogens (tertiary/aromatic N) is 2. The lowest BCUT2D eigenvalue weighted by atomic mass is 9.96. The first kappa shape index (κ1) is 19.4. The van der Waals surface area contributed by atoms with E-state index in [1.807, 2.05) is 0 Å². The number of carbonyl (C=O) groups is 2. The molecule has 29 heavy (non-hydrogen) atoms. The number of ketones is 1. The number of thiophene rings is 1. The van der Waals surface area contributed by atoms with Crippen LogP contribution in [0.1, 0.15) is 39.0 Å². The molecule has 0 spiro atoms. The van der Waals surface area contributed by atoms with Gasteiger partial charge in [0.05, 0.1) is 11.3 Å². The minimum Gasteiger partial charge on any atom is -0.397 e. The van der Waals surface area contributed by atoms with E-state index in [4.69, 9.17) is 5.73 Å². The predicted molar refractivity (Wildman–Crippen MR) is 104 cm³/mol. The predicted octanol–water partition coefficient (Wildman–Crippen LogP) is 4.03. The molecule has 0 atom stereocenters. The van der Waals surface area contributed by atoms with E-state index in [1.54, 1.807) is 30.3 Å². The van der Waals surface area contributed by atoms with Crippen molar-refractivity contribution in [2.75, 3.05) is 12.3 Å². The van der Waals surface area contributed by atoms with Crippen molar-refractivity contribution in [3.8, 4) is 0 Å². The molecule has 150 valence electrons. The van der Waals surface area contributed by atoms with Crippen molar-refractivity contribution in [3.05, 3.63) is 57.6 Å². The molecule has 0 aliphatic carbocycles. The minimum atomic E-state index is -4.70. The number of benzene rings is 1. The number of aromatic nitrogens is 1. The van der Waals surface area contributed by atoms with Gasteiger partial charge >= 0.3 is 6.18 Å². The van der Waals surface area contributed by atoms with Crippen LogP contribution in [0.2, 0.25) is 0 Å². The summed E-state index contributed by atoms with van der Waals surface area (Å²) in [6.45, 7) is 1.44. The van der Waals surface area contributed by atoms with Crippen LogP contribution in [-0.2, 0) is 23.9 Å². The minimum absolute atomic E-state index is 0.0370. The Balaban J connectivity index is 1.96. The second-order valence-electron chi connectivity index (χ2n) is 6.82. The third kappa shape index (κ3) is 3.25. The van der Waals surface area contributed by atoms with Gasteiger partial charge in [0, 0.05) is 48.6 Å². The Labute approximate surface area is 167 Å². The third-order valence-corrected chi connectivity index (χ3v) is 6.10. The van der Waals surface area contributed by atoms with E-state index >= 15 is 0 Å². The van der Waals surface area contributed by atoms with Crippen LogP contribution in [0.15, 0.2) is 30.3 Å². The van der Waals surface area contributed by atoms with Gasteiger partial charge in [-0.15, -0.1) is 11.3 Å². The molecule has 0 radical (unpaired) electrons. The summed E-state index contributed by atoms with van der Waals surface area (Å²) in [5.74, 6) is -0.746. The number of fused-ring (bicyclic) bond motifs is 2. The van der Waals surface area contributed by atoms with E-state index in [9.17, 15) is 22.8 Å². The molecule has 4 rings (SSSR count). The maximum atomic E-state index is 14.1. The lowest BCUT2D eigenvalue weighted by Crippen LogP contribution is -2.36. The number of halogens is 3. The maximum Gasteiger partial charge on any atom is 0.417 e. The van der Waals surface area contributed by atoms with Gasteiger partial charge in [-0.05, 0) is 0 Å². The number of nitrogens with two attached hydrogens (primary N) is 1. The molecule has 5 nitrogen and oxygen atoms in total. The van der Waals surface area contributed by atoms with E-state index in [0.717, 1.165) is 11.3 Å². The molecule has 2 N–H and O–H groups in total. The van der Waals surface area contributed by atoms with Gasteiger partial charge in [0.1, 0.15) is 9.71 Å². The van der Waals surface area contributed by atoms with Crippen molar-refractivity contribution in [2.24, 2.45) is 0 Å². The normalized spacial score (nSPS) is 14.1. The summed E-state index contributed by atoms with van der Waals surface area (Å²) < 4.78 is 42.2. The van der Waals surface area contributed by atoms with Crippen LogP contribution in [0.5, 0.6) is 0 Å². The number of anilines is 1. The van der Waals surface area contributed by atoms with E-state index in [1.165, 1.54) is 11.8 Å². The highest BCUT2D eigenvalue weighted by Crippen LogP contribution is 2.45. The Morgan fingerprint density at radius 1 is 1.21 bits per heavy atom. The number of alkyl halides is 3. The highest BCUT2D eigenvalue weighted by Gasteiger charge is 2.41. The highest BCUT2D eigenvalue weighted by atomic mass is 32.1. The van der Waals surface area contributed by atoms with Gasteiger partial charge in [0.15, 0.2) is 0 Å². The lowest BCUT2D eigenvalue weighted by Gasteiger charge is -2.29. The second-order valence-corrected chi connectivity index (χ2v) is 7.82. The summed E-state index contributed by atoms with van der Waals surface area (Å²) in [5, 5.41) is -0.258. The Hall–Kier alpha value is -2.94. The molecule has 1 amide bonds. The van der Waals surface area contributed by atoms with Crippen LogP contribution in [0, 0.1) is 0 Å². The maximum absolute atomic E-state index is 14.1. The zero-order valence-corrected chi connectivity index (χ0v) is 16.2. The first-order valence-electron chi connectivity index (χ1n) is 8.84. The molecule has 1 aliphatic rings. The number of carbonyl (C=O) groups excluding carboxylic acids is 2. The molecule has 0 saturated carbocycles. The zero-order valence-electron chi connectivity index (χ0n) is 15.3. The van der Waals surface area contributed by atoms with Crippen LogP contribution >= 0.6 is 11.3 Å². The van der Waals surface area contributed by atoms with Crippen LogP contribution < -0.4 is 5.73 Å². The summed E-state index contributed by atoms with van der Waals surface area (Å²) in [5.41, 5.74) is 5.54. The number of hydrogen-bond donors (Lipinski definition) is 1. The first-order chi connectivity index (χ1) is 13.7. The van der Waals surface area contributed by atoms with Gasteiger partial charge in [-0.2, -0.15) is 13.2 Å². The van der Waals surface area contributed by atoms with Crippen molar-refractivity contribution in [1.82, 2.24) is 9.88 Å². The average molecular weight is 419 g/mol. The van der Waals surface area contributed by atoms with Gasteiger partial charge in [-0.3, -0.25) is 9.59 Å². The van der Waals surface area contributed by atoms with Crippen molar-refractivity contribution in [2.45, 2.75) is 26.1 Å². The number of amides is 1. The molecule has 0 bridgehead atoms. The Kier molecular flexibility index (Phi) is 4.57. The molecule has 0 saturated heterocycles. The third-order valence-electron chi connectivity index (χ3n) is 5.00. The fourth-order valence-corrected chi connectivity index (χ4v) is 4.68. The lowest BCUT2D eigenvalue weighted by molar-refractivity contribution is -0.138. The van der Waals surface area contributed by atoms with E-state index in [0.29, 0.717) is 17.8 Å². The van der Waals surface area contributed by atoms with Crippen molar-refractivity contribution >= 4 is 38.9 Å². The Bertz CT molecular complexity index is 1140. The SMILES string of the molecule is CC(=O)N1CCc2nc3sc(C(=O)c4ccccc4)c(N)c3c(C(F)(F)F)c2C1. The van der Waals surface area contributed by atoms with Crippen molar-refractivity contribution < 1.29 is 22.8 Å². The summed E-state index contributed by atoms with van der Waals surface area (Å²) >= 11 is 0.871. The van der Waals surface area contributed by atoms with Crippen molar-refractivity contribution in [1.29, 1.82) is 0 Å². The molecule has 0 fully saturated rings. The molecule has 3 aromatic rings. The molecule has 0 unspecified atom stereocenters. The molecule has 9 heteroatoms. The molecular formula is C20H16F3N3O2S. The number of hydrogen-bond acceptors (Lipinski definition) is 5. The molecule has 1 aromatic carbocycles. The van der Waals surface area contributed by atoms with E-state index < -0.39 is 17.5 Å². The standard InChI is InChI=1S/C20H16F3N3O2S/c1-10(27)26-8-7-13-12(9-26)15(20(21,22)23)14-16(24)18(29-19(14)25-13)17(28)11-5-3-2-4-6-11/h2-6H,7-9,24H2,1H3. The fraction of sp³-hybridized carbons (Fsp3) is 0.250. The van der Waals surface area contributed by atoms with Crippen molar-refractivity contribution in [3.63, 3.8) is 0 Å². The van der Waals surface area contributed by atoms with Crippen LogP contribution in [-0.4, -0.2) is 28.1 Å². The summed E-state index contributed by atoms with van der Waals surface area (Å²) in [6, 6.07) is 8.25. The number of nitrogen functional groups attached to an aromatic ring is 1. The van der Waals surface area contributed by atoms with Crippen LogP contribution in [0.25, 0.3) is 10.2 Å². The van der Waals surface area contributed by atoms with Crippen LogP contribution in [0.3, 0.4) is 0 Å². The topological polar surface area (TPSA) is 76.3 Å². The summed E-state index contributed by atoms with van der Waals surface area (Å²) in [6.07, 6.45) is -4.49. The fourth-order valence-electron chi connectivity index (χ4n) is 3.60. The van der Waals surface area contributed by atoms with Gasteiger partial charge in [0.2, 0.25) is 11.7 Å². The second kappa shape index (κ2) is 6.84. The smallest absolute Gasteiger partial charge is 0.397 e. The number of rotatable bonds is 2. The number of pyridine rings is 1. The molecule has 1 aliphatic heterocycles. The highest BCUT2D eigenvalue weighted by molar-refractivity contribution is 7.21. The Morgan fingerprint density at radius 2 is 1.90 bits per heavy atom. The summed E-state index contributed by atoms with van der Waals surface area (Å²) in [4.78, 5) is 30.4. The first-order valence-corrected chi connectivity index (χ1v) is 9.66. The van der Waals surface area contributed by atoms with Gasteiger partial charge in [0.25, 0.3) is 0 Å². The quantitative estimate of drug-likeness (QED) is 0.637. The van der Waals surface area contributed by atoms with Crippen LogP contribution in [0.4, 0.5) is 18.9 Å². The van der Waals surface area contributed by atoms with E-state index in [-0.39, 0.29) is 45.2 Å². The molecule has 2 aromatic heterocycles. The zero-order chi connectivity index (χ0) is 20.9. The molecular weight excluding hydrogens is 403 g/mol. The van der Waals surface area contributed by atoms with Gasteiger partial charge in [-0.25, -0.2) is 4.98 Å². The largest absolute Gasteiger partial charge is 0.417 e. The van der Waals surface area contributed by atoms with Gasteiger partial charge < -0.3 is 10.6 Å². The average Bonchev–Trinajstić information content (AvgIpc) is 3.00. The van der Waals surface area contributed by atoms with E-state index in [2.05, 4.69) is 4.98 Å². The summed E-state index contributed by atoms with van der Waals surface area (Å²) in [7, 11) is 0. The molecule has 3 heterocycles.